The largest absolute Gasteiger partial charge is 0.478 e. The molecular formula is C18H28ClNO2. The number of nitrogens with one attached hydrogen (secondary N) is 1. The Morgan fingerprint density at radius 3 is 2.45 bits per heavy atom. The van der Waals surface area contributed by atoms with Crippen molar-refractivity contribution in [1.82, 2.24) is 5.32 Å². The van der Waals surface area contributed by atoms with E-state index in [1.807, 2.05) is 0 Å². The molecule has 0 aliphatic heterocycles. The summed E-state index contributed by atoms with van der Waals surface area (Å²) in [6, 6.07) is 7.05. The van der Waals surface area contributed by atoms with E-state index in [1.54, 1.807) is 38.1 Å². The van der Waals surface area contributed by atoms with Crippen molar-refractivity contribution in [3.05, 3.63) is 29.3 Å². The van der Waals surface area contributed by atoms with Gasteiger partial charge in [0, 0.05) is 11.6 Å². The second-order valence-electron chi connectivity index (χ2n) is 6.19. The third-order valence-corrected chi connectivity index (χ3v) is 4.08. The lowest BCUT2D eigenvalue weighted by molar-refractivity contribution is -0.134. The molecule has 1 aromatic carbocycles. The summed E-state index contributed by atoms with van der Waals surface area (Å²) in [5.41, 5.74) is -0.906. The molecule has 0 heterocycles. The number of hydrogen-bond acceptors (Lipinski definition) is 2. The van der Waals surface area contributed by atoms with Crippen molar-refractivity contribution in [2.24, 2.45) is 5.92 Å². The summed E-state index contributed by atoms with van der Waals surface area (Å²) in [6.07, 6.45) is 4.64. The van der Waals surface area contributed by atoms with Crippen LogP contribution in [0.3, 0.4) is 0 Å². The first-order valence-electron chi connectivity index (χ1n) is 8.12. The third kappa shape index (κ3) is 6.27. The number of carbonyl (C=O) groups is 1. The van der Waals surface area contributed by atoms with E-state index in [-0.39, 0.29) is 5.91 Å². The van der Waals surface area contributed by atoms with E-state index < -0.39 is 5.60 Å². The molecule has 4 heteroatoms. The van der Waals surface area contributed by atoms with Crippen LogP contribution in [0.4, 0.5) is 0 Å². The lowest BCUT2D eigenvalue weighted by Crippen LogP contribution is -2.47. The van der Waals surface area contributed by atoms with E-state index in [9.17, 15) is 4.79 Å². The molecule has 0 saturated carbocycles. The number of rotatable bonds is 9. The van der Waals surface area contributed by atoms with Crippen LogP contribution in [-0.4, -0.2) is 18.1 Å². The molecule has 0 aliphatic rings. The van der Waals surface area contributed by atoms with Gasteiger partial charge in [-0.1, -0.05) is 44.7 Å². The molecule has 1 atom stereocenters. The van der Waals surface area contributed by atoms with Gasteiger partial charge in [-0.15, -0.1) is 0 Å². The summed E-state index contributed by atoms with van der Waals surface area (Å²) in [4.78, 5) is 12.4. The quantitative estimate of drug-likeness (QED) is 0.706. The van der Waals surface area contributed by atoms with Gasteiger partial charge >= 0.3 is 0 Å². The number of unbranched alkanes of at least 4 members (excludes halogenated alkanes) is 1. The number of amides is 1. The van der Waals surface area contributed by atoms with E-state index >= 15 is 0 Å². The van der Waals surface area contributed by atoms with Crippen molar-refractivity contribution in [2.75, 3.05) is 6.54 Å². The van der Waals surface area contributed by atoms with Crippen molar-refractivity contribution >= 4 is 17.5 Å². The standard InChI is InChI=1S/C18H28ClNO2/c1-5-7-8-14(6-2)13-20-17(21)18(3,4)22-16-11-9-15(19)10-12-16/h9-12,14H,5-8,13H2,1-4H3,(H,20,21)/t14-/m1/s1. The molecule has 0 aromatic heterocycles. The molecule has 22 heavy (non-hydrogen) atoms. The van der Waals surface area contributed by atoms with Crippen molar-refractivity contribution in [3.8, 4) is 5.75 Å². The first-order valence-corrected chi connectivity index (χ1v) is 8.49. The first kappa shape index (κ1) is 18.8. The molecule has 0 aliphatic carbocycles. The zero-order chi connectivity index (χ0) is 16.6. The summed E-state index contributed by atoms with van der Waals surface area (Å²) in [5.74, 6) is 1.09. The monoisotopic (exact) mass is 325 g/mol. The Labute approximate surface area is 139 Å². The number of ether oxygens (including phenoxy) is 1. The Hall–Kier alpha value is -1.22. The zero-order valence-electron chi connectivity index (χ0n) is 14.1. The maximum atomic E-state index is 12.4. The van der Waals surface area contributed by atoms with E-state index in [4.69, 9.17) is 16.3 Å². The number of benzene rings is 1. The minimum atomic E-state index is -0.906. The molecule has 0 saturated heterocycles. The number of carbonyl (C=O) groups excluding carboxylic acids is 1. The third-order valence-electron chi connectivity index (χ3n) is 3.83. The maximum Gasteiger partial charge on any atom is 0.263 e. The molecular weight excluding hydrogens is 298 g/mol. The highest BCUT2D eigenvalue weighted by Gasteiger charge is 2.30. The molecule has 0 spiro atoms. The van der Waals surface area contributed by atoms with Crippen molar-refractivity contribution < 1.29 is 9.53 Å². The highest BCUT2D eigenvalue weighted by atomic mass is 35.5. The van der Waals surface area contributed by atoms with Crippen LogP contribution in [0, 0.1) is 5.92 Å². The minimum Gasteiger partial charge on any atom is -0.478 e. The summed E-state index contributed by atoms with van der Waals surface area (Å²) in [6.45, 7) is 8.63. The molecule has 3 nitrogen and oxygen atoms in total. The Kier molecular flexibility index (Phi) is 7.74. The summed E-state index contributed by atoms with van der Waals surface area (Å²) < 4.78 is 5.80. The summed E-state index contributed by atoms with van der Waals surface area (Å²) in [7, 11) is 0. The predicted molar refractivity (Wildman–Crippen MR) is 92.5 cm³/mol. The van der Waals surface area contributed by atoms with Crippen molar-refractivity contribution in [1.29, 1.82) is 0 Å². The second kappa shape index (κ2) is 9.04. The van der Waals surface area contributed by atoms with Crippen LogP contribution >= 0.6 is 11.6 Å². The summed E-state index contributed by atoms with van der Waals surface area (Å²) >= 11 is 5.85. The van der Waals surface area contributed by atoms with Gasteiger partial charge in [0.1, 0.15) is 5.75 Å². The second-order valence-corrected chi connectivity index (χ2v) is 6.63. The van der Waals surface area contributed by atoms with Gasteiger partial charge < -0.3 is 10.1 Å². The van der Waals surface area contributed by atoms with Crippen LogP contribution in [0.5, 0.6) is 5.75 Å². The fraction of sp³-hybridized carbons (Fsp3) is 0.611. The molecule has 0 bridgehead atoms. The normalized spacial score (nSPS) is 12.8. The highest BCUT2D eigenvalue weighted by molar-refractivity contribution is 6.30. The molecule has 124 valence electrons. The van der Waals surface area contributed by atoms with Crippen LogP contribution in [0.2, 0.25) is 5.02 Å². The van der Waals surface area contributed by atoms with Gasteiger partial charge in [-0.05, 0) is 50.5 Å². The molecule has 0 unspecified atom stereocenters. The van der Waals surface area contributed by atoms with Gasteiger partial charge in [-0.2, -0.15) is 0 Å². The van der Waals surface area contributed by atoms with Gasteiger partial charge in [0.05, 0.1) is 0 Å². The predicted octanol–water partition coefficient (Wildman–Crippen LogP) is 4.83. The van der Waals surface area contributed by atoms with E-state index in [2.05, 4.69) is 19.2 Å². The lowest BCUT2D eigenvalue weighted by Gasteiger charge is -2.26. The minimum absolute atomic E-state index is 0.0857. The average molecular weight is 326 g/mol. The van der Waals surface area contributed by atoms with Gasteiger partial charge in [0.25, 0.3) is 5.91 Å². The molecule has 0 fully saturated rings. The van der Waals surface area contributed by atoms with Crippen LogP contribution in [0.25, 0.3) is 0 Å². The van der Waals surface area contributed by atoms with Crippen LogP contribution in [0.1, 0.15) is 53.4 Å². The van der Waals surface area contributed by atoms with Gasteiger partial charge in [0.2, 0.25) is 0 Å². The fourth-order valence-corrected chi connectivity index (χ4v) is 2.36. The van der Waals surface area contributed by atoms with Crippen LogP contribution in [-0.2, 0) is 4.79 Å². The smallest absolute Gasteiger partial charge is 0.263 e. The van der Waals surface area contributed by atoms with Gasteiger partial charge in [-0.3, -0.25) is 4.79 Å². The average Bonchev–Trinajstić information content (AvgIpc) is 2.49. The SMILES string of the molecule is CCCC[C@@H](CC)CNC(=O)C(C)(C)Oc1ccc(Cl)cc1. The first-order chi connectivity index (χ1) is 10.4. The van der Waals surface area contributed by atoms with Crippen molar-refractivity contribution in [3.63, 3.8) is 0 Å². The Bertz CT molecular complexity index is 457. The van der Waals surface area contributed by atoms with Crippen molar-refractivity contribution in [2.45, 2.75) is 59.0 Å². The maximum absolute atomic E-state index is 12.4. The number of hydrogen-bond donors (Lipinski definition) is 1. The Morgan fingerprint density at radius 1 is 1.27 bits per heavy atom. The fourth-order valence-electron chi connectivity index (χ4n) is 2.24. The molecule has 0 radical (unpaired) electrons. The lowest BCUT2D eigenvalue weighted by atomic mass is 9.99. The van der Waals surface area contributed by atoms with Gasteiger partial charge in [-0.25, -0.2) is 0 Å². The molecule has 1 amide bonds. The van der Waals surface area contributed by atoms with Crippen LogP contribution in [0.15, 0.2) is 24.3 Å². The highest BCUT2D eigenvalue weighted by Crippen LogP contribution is 2.21. The van der Waals surface area contributed by atoms with Gasteiger partial charge in [0.15, 0.2) is 5.60 Å². The summed E-state index contributed by atoms with van der Waals surface area (Å²) in [5, 5.41) is 3.67. The molecule has 1 N–H and O–H groups in total. The van der Waals surface area contributed by atoms with E-state index in [0.29, 0.717) is 23.2 Å². The molecule has 1 rings (SSSR count). The van der Waals surface area contributed by atoms with E-state index in [0.717, 1.165) is 12.8 Å². The van der Waals surface area contributed by atoms with E-state index in [1.165, 1.54) is 12.8 Å². The zero-order valence-corrected chi connectivity index (χ0v) is 14.9. The van der Waals surface area contributed by atoms with Crippen LogP contribution < -0.4 is 10.1 Å². The Balaban J connectivity index is 2.52. The Morgan fingerprint density at radius 2 is 1.91 bits per heavy atom. The molecule has 1 aromatic rings. The number of halogens is 1. The topological polar surface area (TPSA) is 38.3 Å².